The zero-order valence-corrected chi connectivity index (χ0v) is 65.0. The fraction of sp³-hybridized carbons (Fsp3) is 0.0357. The van der Waals surface area contributed by atoms with E-state index in [2.05, 4.69) is 440 Å². The van der Waals surface area contributed by atoms with Gasteiger partial charge in [-0.2, -0.15) is 0 Å². The highest BCUT2D eigenvalue weighted by Crippen LogP contribution is 2.54. The smallest absolute Gasteiger partial charge is 0.252 e. The van der Waals surface area contributed by atoms with Gasteiger partial charge in [-0.05, 0) is 176 Å². The molecule has 18 aromatic carbocycles. The summed E-state index contributed by atoms with van der Waals surface area (Å²) >= 11 is 0. The topological polar surface area (TPSA) is 15.3 Å². The fourth-order valence-corrected chi connectivity index (χ4v) is 20.3. The molecule has 4 nitrogen and oxygen atoms in total. The highest BCUT2D eigenvalue weighted by molar-refractivity contribution is 7.00. The maximum absolute atomic E-state index is 2.71. The fourth-order valence-electron chi connectivity index (χ4n) is 20.3. The van der Waals surface area contributed by atoms with Crippen LogP contribution in [0.25, 0.3) is 175 Å². The first-order chi connectivity index (χ1) is 57.7. The molecule has 2 aliphatic heterocycles. The van der Waals surface area contributed by atoms with Gasteiger partial charge in [-0.15, -0.1) is 0 Å². The third-order valence-corrected chi connectivity index (χ3v) is 25.6. The number of nitrogens with zero attached hydrogens (tertiary/aromatic N) is 4. The summed E-state index contributed by atoms with van der Waals surface area (Å²) in [6, 6.07) is 153. The second kappa shape index (κ2) is 25.9. The molecule has 5 heteroatoms. The molecule has 0 unspecified atom stereocenters. The minimum Gasteiger partial charge on any atom is -0.311 e. The molecule has 2 aliphatic rings. The predicted octanol–water partition coefficient (Wildman–Crippen LogP) is 28.6. The van der Waals surface area contributed by atoms with Crippen LogP contribution < -0.4 is 26.2 Å². The van der Waals surface area contributed by atoms with Crippen LogP contribution in [0.1, 0.15) is 26.3 Å². The molecule has 0 fully saturated rings. The standard InChI is InChI=1S/C112H75BN4/c1-112(2,3)78-58-54-72(55-59-78)77-64-107-109-108(65-77)115(102-61-57-76(71-32-10-5-11-33-71)63-94(102)74-36-14-7-15-37-74)106-69-104-96(86-45-23-19-41-82(86)80-39-17-21-43-84(80)90-49-29-51-92-88-47-25-27-53-100(88)117(104)111(90)92)67-98(106)113(109)97-66-95-85-44-22-18-40-81(85)79-38-16-20-42-83(79)89-48-28-50-91-87-46-24-26-52-99(87)116(110(89)91)103(95)68-105(97)114(107)101-60-56-75(70-30-8-4-9-31-70)62-93(101)73-34-12-6-13-35-73/h4-69H,1-3H3. The first-order valence-electron chi connectivity index (χ1n) is 40.9. The summed E-state index contributed by atoms with van der Waals surface area (Å²) in [7, 11) is 0. The molecule has 4 aromatic heterocycles. The van der Waals surface area contributed by atoms with E-state index < -0.39 is 6.71 Å². The molecule has 0 N–H and O–H groups in total. The molecule has 24 rings (SSSR count). The summed E-state index contributed by atoms with van der Waals surface area (Å²) in [6.07, 6.45) is 0. The largest absolute Gasteiger partial charge is 0.311 e. The van der Waals surface area contributed by atoms with Gasteiger partial charge in [0, 0.05) is 77.0 Å². The van der Waals surface area contributed by atoms with E-state index in [9.17, 15) is 0 Å². The van der Waals surface area contributed by atoms with E-state index in [1.807, 2.05) is 0 Å². The molecule has 117 heavy (non-hydrogen) atoms. The second-order valence-electron chi connectivity index (χ2n) is 32.9. The number of anilines is 6. The van der Waals surface area contributed by atoms with Gasteiger partial charge in [-0.25, -0.2) is 0 Å². The van der Waals surface area contributed by atoms with Crippen molar-refractivity contribution < 1.29 is 0 Å². The molecule has 6 heterocycles. The van der Waals surface area contributed by atoms with Crippen LogP contribution in [0.3, 0.4) is 0 Å². The van der Waals surface area contributed by atoms with Crippen molar-refractivity contribution in [2.75, 3.05) is 9.80 Å². The Balaban J connectivity index is 0.955. The Morgan fingerprint density at radius 1 is 0.197 bits per heavy atom. The van der Waals surface area contributed by atoms with E-state index in [4.69, 9.17) is 0 Å². The van der Waals surface area contributed by atoms with Crippen LogP contribution >= 0.6 is 0 Å². The molecular formula is C112H75BN4. The molecule has 0 spiro atoms. The highest BCUT2D eigenvalue weighted by Gasteiger charge is 2.46. The third kappa shape index (κ3) is 10.2. The third-order valence-electron chi connectivity index (χ3n) is 25.6. The molecule has 22 aromatic rings. The lowest BCUT2D eigenvalue weighted by atomic mass is 9.33. The molecule has 0 saturated heterocycles. The summed E-state index contributed by atoms with van der Waals surface area (Å²) < 4.78 is 5.28. The molecular weight excluding hydrogens is 1410 g/mol. The van der Waals surface area contributed by atoms with Crippen LogP contribution in [0.15, 0.2) is 400 Å². The van der Waals surface area contributed by atoms with Crippen molar-refractivity contribution in [3.05, 3.63) is 406 Å². The van der Waals surface area contributed by atoms with Gasteiger partial charge in [0.25, 0.3) is 6.71 Å². The van der Waals surface area contributed by atoms with Gasteiger partial charge in [0.2, 0.25) is 0 Å². The van der Waals surface area contributed by atoms with Crippen molar-refractivity contribution in [1.82, 2.24) is 8.80 Å². The summed E-state index contributed by atoms with van der Waals surface area (Å²) in [6.45, 7) is 6.56. The van der Waals surface area contributed by atoms with Gasteiger partial charge in [0.15, 0.2) is 0 Å². The normalized spacial score (nSPS) is 12.7. The van der Waals surface area contributed by atoms with E-state index >= 15 is 0 Å². The number of benzene rings is 18. The van der Waals surface area contributed by atoms with E-state index in [0.29, 0.717) is 0 Å². The van der Waals surface area contributed by atoms with E-state index in [-0.39, 0.29) is 5.41 Å². The molecule has 0 amide bonds. The maximum atomic E-state index is 2.71. The molecule has 0 atom stereocenters. The molecule has 546 valence electrons. The lowest BCUT2D eigenvalue weighted by Crippen LogP contribution is -2.61. The summed E-state index contributed by atoms with van der Waals surface area (Å²) in [5.41, 5.74) is 29.5. The molecule has 0 radical (unpaired) electrons. The lowest BCUT2D eigenvalue weighted by molar-refractivity contribution is 0.590. The SMILES string of the molecule is CC(C)(C)c1ccc(-c2cc3c4c(c2)N(c2ccc(-c5ccccc5)cc2-c2ccccc2)c2cc5c(cc2B4c2cc4c6ccccc6c6ccccc6c6cccc7c8ccccc8n(c4cc2N3c2ccc(-c3ccccc3)cc2-c2ccccc2)c67)c2ccccc2c2ccccc2c2cccc3c4ccccc4n5c23)cc1. The highest BCUT2D eigenvalue weighted by atomic mass is 15.2. The number of hydrogen-bond acceptors (Lipinski definition) is 2. The van der Waals surface area contributed by atoms with Gasteiger partial charge in [0.1, 0.15) is 0 Å². The number of aromatic nitrogens is 2. The van der Waals surface area contributed by atoms with Crippen LogP contribution in [-0.2, 0) is 5.41 Å². The summed E-state index contributed by atoms with van der Waals surface area (Å²) in [5.74, 6) is 0. The minimum atomic E-state index is -0.394. The Bertz CT molecular complexity index is 7590. The zero-order chi connectivity index (χ0) is 77.3. The summed E-state index contributed by atoms with van der Waals surface area (Å²) in [5, 5.41) is 19.0. The first-order valence-corrected chi connectivity index (χ1v) is 40.9. The van der Waals surface area contributed by atoms with Crippen molar-refractivity contribution in [2.45, 2.75) is 26.2 Å². The van der Waals surface area contributed by atoms with Crippen LogP contribution in [0.4, 0.5) is 34.1 Å². The number of fused-ring (bicyclic) bond motifs is 24. The Hall–Kier alpha value is -14.8. The van der Waals surface area contributed by atoms with E-state index in [0.717, 1.165) is 133 Å². The number of rotatable bonds is 7. The quantitative estimate of drug-likeness (QED) is 0.148. The van der Waals surface area contributed by atoms with Gasteiger partial charge < -0.3 is 18.6 Å². The average molecular weight is 1490 g/mol. The average Bonchev–Trinajstić information content (AvgIpc) is 1.35. The van der Waals surface area contributed by atoms with E-state index in [1.54, 1.807) is 0 Å². The van der Waals surface area contributed by atoms with Crippen molar-refractivity contribution >= 4 is 177 Å². The first kappa shape index (κ1) is 66.8. The number of hydrogen-bond donors (Lipinski definition) is 0. The predicted molar refractivity (Wildman–Crippen MR) is 501 cm³/mol. The van der Waals surface area contributed by atoms with Gasteiger partial charge in [-0.3, -0.25) is 0 Å². The minimum absolute atomic E-state index is 0.0822. The van der Waals surface area contributed by atoms with Crippen LogP contribution in [0.2, 0.25) is 0 Å². The van der Waals surface area contributed by atoms with Crippen molar-refractivity contribution in [1.29, 1.82) is 0 Å². The van der Waals surface area contributed by atoms with Gasteiger partial charge in [0.05, 0.1) is 44.5 Å². The Morgan fingerprint density at radius 2 is 0.496 bits per heavy atom. The second-order valence-corrected chi connectivity index (χ2v) is 32.9. The van der Waals surface area contributed by atoms with Gasteiger partial charge in [-0.1, -0.05) is 360 Å². The maximum Gasteiger partial charge on any atom is 0.252 e. The Labute approximate surface area is 678 Å². The Kier molecular flexibility index (Phi) is 14.8. The monoisotopic (exact) mass is 1490 g/mol. The van der Waals surface area contributed by atoms with E-state index in [1.165, 1.54) is 97.6 Å². The van der Waals surface area contributed by atoms with Crippen LogP contribution in [0, 0.1) is 0 Å². The van der Waals surface area contributed by atoms with Crippen molar-refractivity contribution in [3.63, 3.8) is 0 Å². The molecule has 0 aliphatic carbocycles. The molecule has 0 saturated carbocycles. The van der Waals surface area contributed by atoms with Crippen molar-refractivity contribution in [3.8, 4) is 55.6 Å². The summed E-state index contributed by atoms with van der Waals surface area (Å²) in [4.78, 5) is 5.42. The zero-order valence-electron chi connectivity index (χ0n) is 65.0. The van der Waals surface area contributed by atoms with Crippen LogP contribution in [-0.4, -0.2) is 15.5 Å². The van der Waals surface area contributed by atoms with Gasteiger partial charge >= 0.3 is 0 Å². The molecule has 0 bridgehead atoms. The lowest BCUT2D eigenvalue weighted by Gasteiger charge is -2.45. The van der Waals surface area contributed by atoms with Crippen LogP contribution in [0.5, 0.6) is 0 Å². The Morgan fingerprint density at radius 3 is 0.872 bits per heavy atom. The van der Waals surface area contributed by atoms with Crippen molar-refractivity contribution in [2.24, 2.45) is 0 Å². The number of para-hydroxylation sites is 4.